The van der Waals surface area contributed by atoms with Gasteiger partial charge in [-0.15, -0.1) is 10.2 Å². The van der Waals surface area contributed by atoms with Gasteiger partial charge in [0.25, 0.3) is 0 Å². The number of nitrogens with one attached hydrogen (secondary N) is 2. The highest BCUT2D eigenvalue weighted by Crippen LogP contribution is 2.28. The molecule has 2 amide bonds. The van der Waals surface area contributed by atoms with Gasteiger partial charge in [-0.05, 0) is 30.2 Å². The monoisotopic (exact) mass is 375 g/mol. The summed E-state index contributed by atoms with van der Waals surface area (Å²) < 4.78 is 0. The molecule has 140 valence electrons. The summed E-state index contributed by atoms with van der Waals surface area (Å²) in [7, 11) is 3.97. The Kier molecular flexibility index (Phi) is 6.68. The van der Waals surface area contributed by atoms with E-state index in [1.807, 2.05) is 57.1 Å². The van der Waals surface area contributed by atoms with Crippen LogP contribution in [0.4, 0.5) is 10.8 Å². The molecular formula is C18H25N5O2S. The average molecular weight is 375 g/mol. The molecule has 0 fully saturated rings. The van der Waals surface area contributed by atoms with Crippen molar-refractivity contribution >= 4 is 34.0 Å². The van der Waals surface area contributed by atoms with Crippen LogP contribution in [0.15, 0.2) is 24.3 Å². The Bertz CT molecular complexity index is 757. The molecule has 8 heteroatoms. The van der Waals surface area contributed by atoms with Gasteiger partial charge in [-0.3, -0.25) is 14.9 Å². The molecule has 0 aliphatic heterocycles. The third-order valence-electron chi connectivity index (χ3n) is 4.14. The molecule has 26 heavy (non-hydrogen) atoms. The van der Waals surface area contributed by atoms with E-state index >= 15 is 0 Å². The van der Waals surface area contributed by atoms with Crippen LogP contribution < -0.4 is 15.5 Å². The molecule has 0 spiro atoms. The number of amides is 2. The van der Waals surface area contributed by atoms with E-state index in [-0.39, 0.29) is 17.7 Å². The van der Waals surface area contributed by atoms with Crippen molar-refractivity contribution in [1.29, 1.82) is 0 Å². The molecule has 0 radical (unpaired) electrons. The number of rotatable bonds is 7. The van der Waals surface area contributed by atoms with Gasteiger partial charge in [0.1, 0.15) is 11.0 Å². The summed E-state index contributed by atoms with van der Waals surface area (Å²) in [5, 5.41) is 14.8. The summed E-state index contributed by atoms with van der Waals surface area (Å²) in [4.78, 5) is 25.9. The number of anilines is 2. The van der Waals surface area contributed by atoms with Crippen molar-refractivity contribution in [2.45, 2.75) is 33.2 Å². The van der Waals surface area contributed by atoms with Crippen molar-refractivity contribution in [1.82, 2.24) is 15.5 Å². The van der Waals surface area contributed by atoms with E-state index in [0.717, 1.165) is 22.7 Å². The van der Waals surface area contributed by atoms with E-state index in [1.165, 1.54) is 18.3 Å². The molecule has 1 aromatic heterocycles. The zero-order valence-corrected chi connectivity index (χ0v) is 16.6. The molecule has 0 aliphatic carbocycles. The largest absolute Gasteiger partial charge is 0.378 e. The molecule has 2 atom stereocenters. The van der Waals surface area contributed by atoms with E-state index in [4.69, 9.17) is 0 Å². The Morgan fingerprint density at radius 1 is 1.19 bits per heavy atom. The fraction of sp³-hybridized carbons (Fsp3) is 0.444. The Balaban J connectivity index is 2.11. The van der Waals surface area contributed by atoms with Gasteiger partial charge in [0.15, 0.2) is 0 Å². The minimum atomic E-state index is -0.593. The summed E-state index contributed by atoms with van der Waals surface area (Å²) >= 11 is 1.30. The van der Waals surface area contributed by atoms with Crippen LogP contribution in [-0.2, 0) is 9.59 Å². The van der Waals surface area contributed by atoms with Crippen LogP contribution in [-0.4, -0.2) is 42.1 Å². The van der Waals surface area contributed by atoms with Crippen molar-refractivity contribution in [2.24, 2.45) is 5.92 Å². The molecule has 7 nitrogen and oxygen atoms in total. The highest BCUT2D eigenvalue weighted by atomic mass is 32.1. The fourth-order valence-corrected chi connectivity index (χ4v) is 3.15. The molecule has 0 aliphatic rings. The number of benzene rings is 1. The summed E-state index contributed by atoms with van der Waals surface area (Å²) in [6.45, 7) is 5.31. The minimum Gasteiger partial charge on any atom is -0.378 e. The van der Waals surface area contributed by atoms with Crippen LogP contribution in [0.25, 0.3) is 10.6 Å². The van der Waals surface area contributed by atoms with E-state index < -0.39 is 6.04 Å². The first kappa shape index (κ1) is 19.8. The van der Waals surface area contributed by atoms with Crippen molar-refractivity contribution in [3.63, 3.8) is 0 Å². The number of nitrogens with zero attached hydrogens (tertiary/aromatic N) is 3. The number of hydrogen-bond donors (Lipinski definition) is 2. The molecule has 2 aromatic rings. The lowest BCUT2D eigenvalue weighted by molar-refractivity contribution is -0.126. The Labute approximate surface area is 157 Å². The normalized spacial score (nSPS) is 13.0. The maximum atomic E-state index is 12.5. The number of carbonyl (C=O) groups is 2. The van der Waals surface area contributed by atoms with Crippen molar-refractivity contribution in [3.8, 4) is 10.6 Å². The zero-order valence-electron chi connectivity index (χ0n) is 15.7. The Morgan fingerprint density at radius 2 is 1.85 bits per heavy atom. The predicted molar refractivity (Wildman–Crippen MR) is 105 cm³/mol. The molecule has 0 bridgehead atoms. The topological polar surface area (TPSA) is 87.2 Å². The first-order valence-electron chi connectivity index (χ1n) is 8.51. The van der Waals surface area contributed by atoms with Gasteiger partial charge in [0.05, 0.1) is 0 Å². The number of carbonyl (C=O) groups excluding carboxylic acids is 2. The SMILES string of the molecule is CC[C@@H](C)[C@@H](NC(C)=O)C(=O)Nc1nnc(-c2ccc(N(C)C)cc2)s1. The lowest BCUT2D eigenvalue weighted by Gasteiger charge is -2.22. The van der Waals surface area contributed by atoms with E-state index in [9.17, 15) is 9.59 Å². The second-order valence-corrected chi connectivity index (χ2v) is 7.38. The van der Waals surface area contributed by atoms with E-state index in [0.29, 0.717) is 5.13 Å². The molecule has 1 aromatic carbocycles. The van der Waals surface area contributed by atoms with E-state index in [2.05, 4.69) is 20.8 Å². The summed E-state index contributed by atoms with van der Waals surface area (Å²) in [5.41, 5.74) is 2.03. The third kappa shape index (κ3) is 5.01. The Morgan fingerprint density at radius 3 is 2.38 bits per heavy atom. The van der Waals surface area contributed by atoms with Gasteiger partial charge >= 0.3 is 0 Å². The standard InChI is InChI=1S/C18H25N5O2S/c1-6-11(2)15(19-12(3)24)16(25)20-18-22-21-17(26-18)13-7-9-14(10-8-13)23(4)5/h7-11,15H,6H2,1-5H3,(H,19,24)(H,20,22,25)/t11-,15-/m1/s1. The van der Waals surface area contributed by atoms with Crippen molar-refractivity contribution in [3.05, 3.63) is 24.3 Å². The van der Waals surface area contributed by atoms with Crippen LogP contribution in [0.3, 0.4) is 0 Å². The highest BCUT2D eigenvalue weighted by Gasteiger charge is 2.25. The third-order valence-corrected chi connectivity index (χ3v) is 5.03. The van der Waals surface area contributed by atoms with Gasteiger partial charge < -0.3 is 10.2 Å². The Hall–Kier alpha value is -2.48. The van der Waals surface area contributed by atoms with Crippen molar-refractivity contribution in [2.75, 3.05) is 24.3 Å². The summed E-state index contributed by atoms with van der Waals surface area (Å²) in [6, 6.07) is 7.36. The number of hydrogen-bond acceptors (Lipinski definition) is 6. The molecule has 0 saturated heterocycles. The van der Waals surface area contributed by atoms with Gasteiger partial charge in [0.2, 0.25) is 16.9 Å². The molecular weight excluding hydrogens is 350 g/mol. The molecule has 0 saturated carbocycles. The fourth-order valence-electron chi connectivity index (χ4n) is 2.40. The quantitative estimate of drug-likeness (QED) is 0.777. The van der Waals surface area contributed by atoms with Gasteiger partial charge in [-0.1, -0.05) is 31.6 Å². The van der Waals surface area contributed by atoms with E-state index in [1.54, 1.807) is 0 Å². The van der Waals surface area contributed by atoms with Crippen molar-refractivity contribution < 1.29 is 9.59 Å². The van der Waals surface area contributed by atoms with Crippen LogP contribution in [0.5, 0.6) is 0 Å². The van der Waals surface area contributed by atoms with Gasteiger partial charge in [-0.2, -0.15) is 0 Å². The average Bonchev–Trinajstić information content (AvgIpc) is 3.07. The van der Waals surface area contributed by atoms with Gasteiger partial charge in [-0.25, -0.2) is 0 Å². The molecule has 0 unspecified atom stereocenters. The second-order valence-electron chi connectivity index (χ2n) is 6.41. The minimum absolute atomic E-state index is 0.0184. The summed E-state index contributed by atoms with van der Waals surface area (Å²) in [6.07, 6.45) is 0.776. The predicted octanol–water partition coefficient (Wildman–Crippen LogP) is 2.76. The second kappa shape index (κ2) is 8.75. The van der Waals surface area contributed by atoms with Crippen LogP contribution in [0.2, 0.25) is 0 Å². The van der Waals surface area contributed by atoms with Crippen LogP contribution >= 0.6 is 11.3 Å². The zero-order chi connectivity index (χ0) is 19.3. The van der Waals surface area contributed by atoms with Crippen LogP contribution in [0.1, 0.15) is 27.2 Å². The lowest BCUT2D eigenvalue weighted by Crippen LogP contribution is -2.46. The summed E-state index contributed by atoms with van der Waals surface area (Å²) in [5.74, 6) is -0.491. The maximum absolute atomic E-state index is 12.5. The number of aromatic nitrogens is 2. The first-order valence-corrected chi connectivity index (χ1v) is 9.32. The highest BCUT2D eigenvalue weighted by molar-refractivity contribution is 7.18. The van der Waals surface area contributed by atoms with Crippen LogP contribution in [0, 0.1) is 5.92 Å². The molecule has 2 rings (SSSR count). The van der Waals surface area contributed by atoms with Gasteiger partial charge in [0, 0.05) is 32.3 Å². The molecule has 1 heterocycles. The lowest BCUT2D eigenvalue weighted by atomic mass is 9.98. The maximum Gasteiger partial charge on any atom is 0.249 e. The molecule has 2 N–H and O–H groups in total. The first-order chi connectivity index (χ1) is 12.3. The smallest absolute Gasteiger partial charge is 0.249 e.